The van der Waals surface area contributed by atoms with E-state index in [1.165, 1.54) is 0 Å². The lowest BCUT2D eigenvalue weighted by Gasteiger charge is -2.39. The first kappa shape index (κ1) is 14.8. The minimum absolute atomic E-state index is 0.172. The van der Waals surface area contributed by atoms with Crippen molar-refractivity contribution in [2.45, 2.75) is 50.8 Å². The SMILES string of the molecule is CNC1(C)CCN(C(=O)CSC(C)(C)C)CC1. The number of nitrogens with zero attached hydrogens (tertiary/aromatic N) is 1. The molecule has 17 heavy (non-hydrogen) atoms. The highest BCUT2D eigenvalue weighted by molar-refractivity contribution is 8.01. The Labute approximate surface area is 110 Å². The number of amides is 1. The van der Waals surface area contributed by atoms with Crippen molar-refractivity contribution in [2.75, 3.05) is 25.9 Å². The third kappa shape index (κ3) is 4.88. The van der Waals surface area contributed by atoms with E-state index < -0.39 is 0 Å². The Morgan fingerprint density at radius 3 is 2.29 bits per heavy atom. The van der Waals surface area contributed by atoms with Gasteiger partial charge in [0.25, 0.3) is 0 Å². The van der Waals surface area contributed by atoms with Gasteiger partial charge in [-0.05, 0) is 26.8 Å². The van der Waals surface area contributed by atoms with Crippen molar-refractivity contribution in [1.29, 1.82) is 0 Å². The van der Waals surface area contributed by atoms with Crippen LogP contribution >= 0.6 is 11.8 Å². The van der Waals surface area contributed by atoms with Gasteiger partial charge in [0.1, 0.15) is 0 Å². The van der Waals surface area contributed by atoms with Crippen molar-refractivity contribution in [2.24, 2.45) is 0 Å². The van der Waals surface area contributed by atoms with Crippen LogP contribution < -0.4 is 5.32 Å². The van der Waals surface area contributed by atoms with Gasteiger partial charge in [0.05, 0.1) is 5.75 Å². The zero-order valence-corrected chi connectivity index (χ0v) is 12.6. The van der Waals surface area contributed by atoms with Gasteiger partial charge in [0, 0.05) is 23.4 Å². The number of nitrogens with one attached hydrogen (secondary N) is 1. The van der Waals surface area contributed by atoms with Crippen LogP contribution in [-0.4, -0.2) is 47.0 Å². The molecule has 1 N–H and O–H groups in total. The van der Waals surface area contributed by atoms with Gasteiger partial charge in [0.2, 0.25) is 5.91 Å². The second kappa shape index (κ2) is 5.61. The Kier molecular flexibility index (Phi) is 4.90. The van der Waals surface area contributed by atoms with Crippen LogP contribution in [0.5, 0.6) is 0 Å². The molecule has 4 heteroatoms. The smallest absolute Gasteiger partial charge is 0.232 e. The maximum Gasteiger partial charge on any atom is 0.232 e. The molecule has 1 rings (SSSR count). The molecule has 1 aliphatic rings. The van der Waals surface area contributed by atoms with Crippen molar-refractivity contribution in [3.8, 4) is 0 Å². The maximum atomic E-state index is 12.0. The van der Waals surface area contributed by atoms with Gasteiger partial charge in [-0.1, -0.05) is 20.8 Å². The van der Waals surface area contributed by atoms with E-state index >= 15 is 0 Å². The third-order valence-corrected chi connectivity index (χ3v) is 4.71. The van der Waals surface area contributed by atoms with E-state index in [2.05, 4.69) is 33.0 Å². The molecule has 0 aromatic carbocycles. The molecule has 100 valence electrons. The van der Waals surface area contributed by atoms with E-state index in [0.717, 1.165) is 25.9 Å². The van der Waals surface area contributed by atoms with Crippen LogP contribution in [0.4, 0.5) is 0 Å². The zero-order valence-electron chi connectivity index (χ0n) is 11.8. The van der Waals surface area contributed by atoms with Gasteiger partial charge < -0.3 is 10.2 Å². The highest BCUT2D eigenvalue weighted by atomic mass is 32.2. The van der Waals surface area contributed by atoms with Crippen molar-refractivity contribution >= 4 is 17.7 Å². The summed E-state index contributed by atoms with van der Waals surface area (Å²) in [5.41, 5.74) is 0.216. The standard InChI is InChI=1S/C13H26N2OS/c1-12(2,3)17-10-11(16)15-8-6-13(4,14-5)7-9-15/h14H,6-10H2,1-5H3. The summed E-state index contributed by atoms with van der Waals surface area (Å²) in [6, 6.07) is 0. The quantitative estimate of drug-likeness (QED) is 0.841. The molecule has 0 aromatic rings. The van der Waals surface area contributed by atoms with Crippen LogP contribution in [0.3, 0.4) is 0 Å². The number of thioether (sulfide) groups is 1. The predicted molar refractivity (Wildman–Crippen MR) is 75.5 cm³/mol. The molecule has 1 fully saturated rings. The highest BCUT2D eigenvalue weighted by Crippen LogP contribution is 2.25. The fourth-order valence-electron chi connectivity index (χ4n) is 1.87. The number of carbonyl (C=O) groups is 1. The number of likely N-dealkylation sites (tertiary alicyclic amines) is 1. The summed E-state index contributed by atoms with van der Waals surface area (Å²) in [5, 5.41) is 3.35. The lowest BCUT2D eigenvalue weighted by Crippen LogP contribution is -2.51. The Morgan fingerprint density at radius 2 is 1.88 bits per heavy atom. The van der Waals surface area contributed by atoms with E-state index in [1.54, 1.807) is 11.8 Å². The van der Waals surface area contributed by atoms with Gasteiger partial charge in [-0.25, -0.2) is 0 Å². The van der Waals surface area contributed by atoms with E-state index in [9.17, 15) is 4.79 Å². The Hall–Kier alpha value is -0.220. The summed E-state index contributed by atoms with van der Waals surface area (Å²) >= 11 is 1.73. The summed E-state index contributed by atoms with van der Waals surface area (Å²) < 4.78 is 0.172. The van der Waals surface area contributed by atoms with Crippen LogP contribution in [-0.2, 0) is 4.79 Å². The molecule has 3 nitrogen and oxygen atoms in total. The minimum atomic E-state index is 0.172. The molecule has 1 heterocycles. The molecule has 0 spiro atoms. The zero-order chi connectivity index (χ0) is 13.1. The molecule has 1 aliphatic heterocycles. The van der Waals surface area contributed by atoms with E-state index in [-0.39, 0.29) is 10.3 Å². The molecule has 0 bridgehead atoms. The maximum absolute atomic E-state index is 12.0. The Balaban J connectivity index is 2.36. The average Bonchev–Trinajstić information content (AvgIpc) is 2.26. The minimum Gasteiger partial charge on any atom is -0.342 e. The van der Waals surface area contributed by atoms with Crippen molar-refractivity contribution in [3.63, 3.8) is 0 Å². The number of carbonyl (C=O) groups excluding carboxylic acids is 1. The predicted octanol–water partition coefficient (Wildman–Crippen LogP) is 2.12. The van der Waals surface area contributed by atoms with Crippen molar-refractivity contribution < 1.29 is 4.79 Å². The van der Waals surface area contributed by atoms with Crippen LogP contribution in [0.15, 0.2) is 0 Å². The topological polar surface area (TPSA) is 32.3 Å². The van der Waals surface area contributed by atoms with E-state index in [0.29, 0.717) is 11.7 Å². The molecule has 0 aromatic heterocycles. The monoisotopic (exact) mass is 258 g/mol. The molecule has 1 amide bonds. The van der Waals surface area contributed by atoms with Gasteiger partial charge in [-0.15, -0.1) is 11.8 Å². The number of hydrogen-bond donors (Lipinski definition) is 1. The summed E-state index contributed by atoms with van der Waals surface area (Å²) in [5.74, 6) is 0.905. The fraction of sp³-hybridized carbons (Fsp3) is 0.923. The van der Waals surface area contributed by atoms with Gasteiger partial charge in [-0.2, -0.15) is 0 Å². The van der Waals surface area contributed by atoms with E-state index in [4.69, 9.17) is 0 Å². The average molecular weight is 258 g/mol. The molecule has 0 atom stereocenters. The summed E-state index contributed by atoms with van der Waals surface area (Å²) in [6.07, 6.45) is 2.10. The third-order valence-electron chi connectivity index (χ3n) is 3.45. The van der Waals surface area contributed by atoms with Gasteiger partial charge in [0.15, 0.2) is 0 Å². The summed E-state index contributed by atoms with van der Waals surface area (Å²) in [6.45, 7) is 10.5. The normalized spacial score (nSPS) is 20.4. The van der Waals surface area contributed by atoms with E-state index in [1.807, 2.05) is 11.9 Å². The molecule has 0 unspecified atom stereocenters. The molecule has 0 saturated carbocycles. The van der Waals surface area contributed by atoms with Gasteiger partial charge in [-0.3, -0.25) is 4.79 Å². The molecular weight excluding hydrogens is 232 g/mol. The first-order valence-electron chi connectivity index (χ1n) is 6.36. The summed E-state index contributed by atoms with van der Waals surface area (Å²) in [7, 11) is 2.01. The Bertz CT molecular complexity index is 265. The van der Waals surface area contributed by atoms with Crippen LogP contribution in [0.2, 0.25) is 0 Å². The molecule has 1 saturated heterocycles. The summed E-state index contributed by atoms with van der Waals surface area (Å²) in [4.78, 5) is 14.0. The number of rotatable bonds is 3. The second-order valence-electron chi connectivity index (χ2n) is 6.09. The lowest BCUT2D eigenvalue weighted by atomic mass is 9.90. The van der Waals surface area contributed by atoms with Gasteiger partial charge >= 0.3 is 0 Å². The largest absolute Gasteiger partial charge is 0.342 e. The molecular formula is C13H26N2OS. The number of hydrogen-bond acceptors (Lipinski definition) is 3. The van der Waals surface area contributed by atoms with Crippen molar-refractivity contribution in [1.82, 2.24) is 10.2 Å². The van der Waals surface area contributed by atoms with Crippen LogP contribution in [0.25, 0.3) is 0 Å². The van der Waals surface area contributed by atoms with Crippen molar-refractivity contribution in [3.05, 3.63) is 0 Å². The lowest BCUT2D eigenvalue weighted by molar-refractivity contribution is -0.129. The Morgan fingerprint density at radius 1 is 1.35 bits per heavy atom. The number of piperidine rings is 1. The van der Waals surface area contributed by atoms with Crippen LogP contribution in [0, 0.1) is 0 Å². The fourth-order valence-corrected chi connectivity index (χ4v) is 2.61. The molecule has 0 radical (unpaired) electrons. The first-order chi connectivity index (χ1) is 7.76. The highest BCUT2D eigenvalue weighted by Gasteiger charge is 2.30. The first-order valence-corrected chi connectivity index (χ1v) is 7.35. The van der Waals surface area contributed by atoms with Crippen LogP contribution in [0.1, 0.15) is 40.5 Å². The second-order valence-corrected chi connectivity index (χ2v) is 7.89. The molecule has 0 aliphatic carbocycles.